The topological polar surface area (TPSA) is 28.2 Å². The monoisotopic (exact) mass is 369 g/mol. The highest BCUT2D eigenvalue weighted by atomic mass is 15.1. The number of nitrogens with one attached hydrogen (secondary N) is 1. The van der Waals surface area contributed by atoms with Crippen molar-refractivity contribution in [3.05, 3.63) is 72.8 Å². The maximum atomic E-state index is 4.81. The number of fused-ring (bicyclic) bond motifs is 2. The van der Waals surface area contributed by atoms with Crippen molar-refractivity contribution in [2.75, 3.05) is 23.3 Å². The van der Waals surface area contributed by atoms with Crippen LogP contribution in [0.2, 0.25) is 0 Å². The number of para-hydroxylation sites is 2. The molecule has 28 heavy (non-hydrogen) atoms. The quantitative estimate of drug-likeness (QED) is 0.365. The molecule has 0 fully saturated rings. The highest BCUT2D eigenvalue weighted by molar-refractivity contribution is 6.08. The van der Waals surface area contributed by atoms with Crippen LogP contribution in [-0.4, -0.2) is 18.1 Å². The minimum absolute atomic E-state index is 1.01. The molecule has 3 nitrogen and oxygen atoms in total. The molecule has 1 N–H and O–H groups in total. The normalized spacial score (nSPS) is 11.1. The van der Waals surface area contributed by atoms with Gasteiger partial charge < -0.3 is 10.2 Å². The Labute approximate surface area is 167 Å². The van der Waals surface area contributed by atoms with Gasteiger partial charge in [-0.3, -0.25) is 0 Å². The fourth-order valence-corrected chi connectivity index (χ4v) is 3.78. The van der Waals surface area contributed by atoms with Gasteiger partial charge in [-0.2, -0.15) is 0 Å². The molecule has 1 heterocycles. The third-order valence-corrected chi connectivity index (χ3v) is 5.08. The lowest BCUT2D eigenvalue weighted by Crippen LogP contribution is -2.24. The number of pyridine rings is 1. The Hall–Kier alpha value is -3.07. The first-order chi connectivity index (χ1) is 13.8. The van der Waals surface area contributed by atoms with E-state index in [0.29, 0.717) is 0 Å². The first-order valence-corrected chi connectivity index (χ1v) is 10.2. The largest absolute Gasteiger partial charge is 0.372 e. The van der Waals surface area contributed by atoms with Gasteiger partial charge in [-0.05, 0) is 49.2 Å². The molecule has 3 heteroatoms. The predicted octanol–water partition coefficient (Wildman–Crippen LogP) is 6.76. The molecular weight excluding hydrogens is 342 g/mol. The zero-order valence-electron chi connectivity index (χ0n) is 16.7. The molecule has 0 radical (unpaired) electrons. The van der Waals surface area contributed by atoms with Crippen LogP contribution in [0.5, 0.6) is 0 Å². The number of aromatic nitrogens is 1. The van der Waals surface area contributed by atoms with Crippen LogP contribution >= 0.6 is 0 Å². The summed E-state index contributed by atoms with van der Waals surface area (Å²) < 4.78 is 0. The molecule has 3 aromatic carbocycles. The van der Waals surface area contributed by atoms with Gasteiger partial charge in [0.05, 0.1) is 16.7 Å². The van der Waals surface area contributed by atoms with Crippen molar-refractivity contribution in [1.29, 1.82) is 0 Å². The molecule has 0 atom stereocenters. The van der Waals surface area contributed by atoms with Gasteiger partial charge in [-0.15, -0.1) is 0 Å². The lowest BCUT2D eigenvalue weighted by atomic mass is 10.1. The molecule has 0 saturated heterocycles. The van der Waals surface area contributed by atoms with E-state index < -0.39 is 0 Å². The maximum absolute atomic E-state index is 4.81. The zero-order chi connectivity index (χ0) is 19.3. The van der Waals surface area contributed by atoms with Gasteiger partial charge in [0, 0.05) is 35.2 Å². The second-order valence-corrected chi connectivity index (χ2v) is 7.18. The summed E-state index contributed by atoms with van der Waals surface area (Å²) in [7, 11) is 0. The van der Waals surface area contributed by atoms with E-state index in [1.807, 2.05) is 12.1 Å². The first kappa shape index (κ1) is 18.3. The van der Waals surface area contributed by atoms with Crippen LogP contribution in [-0.2, 0) is 0 Å². The molecule has 0 aliphatic heterocycles. The number of benzene rings is 3. The molecular formula is C25H27N3. The van der Waals surface area contributed by atoms with Gasteiger partial charge in [0.1, 0.15) is 0 Å². The molecule has 0 aliphatic rings. The fourth-order valence-electron chi connectivity index (χ4n) is 3.78. The Morgan fingerprint density at radius 2 is 1.25 bits per heavy atom. The van der Waals surface area contributed by atoms with Crippen LogP contribution in [0.4, 0.5) is 17.1 Å². The van der Waals surface area contributed by atoms with E-state index in [4.69, 9.17) is 4.98 Å². The lowest BCUT2D eigenvalue weighted by molar-refractivity contribution is 0.745. The van der Waals surface area contributed by atoms with Gasteiger partial charge >= 0.3 is 0 Å². The second kappa shape index (κ2) is 8.30. The second-order valence-electron chi connectivity index (χ2n) is 7.18. The Balaban J connectivity index is 1.71. The van der Waals surface area contributed by atoms with Gasteiger partial charge in [0.15, 0.2) is 0 Å². The van der Waals surface area contributed by atoms with Gasteiger partial charge in [-0.25, -0.2) is 4.98 Å². The van der Waals surface area contributed by atoms with Crippen LogP contribution in [0.25, 0.3) is 21.8 Å². The van der Waals surface area contributed by atoms with Crippen molar-refractivity contribution in [2.45, 2.75) is 26.7 Å². The minimum Gasteiger partial charge on any atom is -0.372 e. The van der Waals surface area contributed by atoms with E-state index in [0.717, 1.165) is 59.1 Å². The van der Waals surface area contributed by atoms with Crippen LogP contribution in [0, 0.1) is 0 Å². The first-order valence-electron chi connectivity index (χ1n) is 10.2. The summed E-state index contributed by atoms with van der Waals surface area (Å²) >= 11 is 0. The number of hydrogen-bond acceptors (Lipinski definition) is 3. The molecule has 4 rings (SSSR count). The number of nitrogens with zero attached hydrogens (tertiary/aromatic N) is 2. The molecule has 0 aliphatic carbocycles. The molecule has 0 spiro atoms. The van der Waals surface area contributed by atoms with E-state index >= 15 is 0 Å². The summed E-state index contributed by atoms with van der Waals surface area (Å²) in [6.45, 7) is 6.66. The highest BCUT2D eigenvalue weighted by Crippen LogP contribution is 2.33. The molecule has 0 amide bonds. The summed E-state index contributed by atoms with van der Waals surface area (Å²) in [5.41, 5.74) is 5.53. The molecule has 0 saturated carbocycles. The molecule has 4 aromatic rings. The SMILES string of the molecule is CCCN(CCC)c1ccc(Nc2c3ccccc3nc3ccccc23)cc1. The molecule has 1 aromatic heterocycles. The highest BCUT2D eigenvalue weighted by Gasteiger charge is 2.10. The third-order valence-electron chi connectivity index (χ3n) is 5.08. The summed E-state index contributed by atoms with van der Waals surface area (Å²) in [4.78, 5) is 7.27. The van der Waals surface area contributed by atoms with E-state index in [1.54, 1.807) is 0 Å². The van der Waals surface area contributed by atoms with E-state index in [1.165, 1.54) is 5.69 Å². The van der Waals surface area contributed by atoms with Crippen molar-refractivity contribution in [2.24, 2.45) is 0 Å². The minimum atomic E-state index is 1.01. The van der Waals surface area contributed by atoms with Crippen LogP contribution < -0.4 is 10.2 Å². The van der Waals surface area contributed by atoms with Gasteiger partial charge in [0.25, 0.3) is 0 Å². The van der Waals surface area contributed by atoms with Crippen molar-refractivity contribution < 1.29 is 0 Å². The van der Waals surface area contributed by atoms with Crippen molar-refractivity contribution in [3.63, 3.8) is 0 Å². The maximum Gasteiger partial charge on any atom is 0.0730 e. The Bertz CT molecular complexity index is 1010. The van der Waals surface area contributed by atoms with Crippen LogP contribution in [0.1, 0.15) is 26.7 Å². The van der Waals surface area contributed by atoms with Crippen LogP contribution in [0.3, 0.4) is 0 Å². The smallest absolute Gasteiger partial charge is 0.0730 e. The number of rotatable bonds is 7. The van der Waals surface area contributed by atoms with Crippen molar-refractivity contribution in [3.8, 4) is 0 Å². The summed E-state index contributed by atoms with van der Waals surface area (Å²) in [6.07, 6.45) is 2.32. The number of hydrogen-bond donors (Lipinski definition) is 1. The van der Waals surface area contributed by atoms with Crippen molar-refractivity contribution >= 4 is 38.9 Å². The Morgan fingerprint density at radius 1 is 0.714 bits per heavy atom. The lowest BCUT2D eigenvalue weighted by Gasteiger charge is -2.24. The van der Waals surface area contributed by atoms with E-state index in [9.17, 15) is 0 Å². The molecule has 0 unspecified atom stereocenters. The predicted molar refractivity (Wildman–Crippen MR) is 122 cm³/mol. The van der Waals surface area contributed by atoms with E-state index in [2.05, 4.69) is 84.7 Å². The fraction of sp³-hybridized carbons (Fsp3) is 0.240. The summed E-state index contributed by atoms with van der Waals surface area (Å²) in [5, 5.41) is 5.95. The molecule has 0 bridgehead atoms. The van der Waals surface area contributed by atoms with Crippen molar-refractivity contribution in [1.82, 2.24) is 4.98 Å². The standard InChI is InChI=1S/C25H27N3/c1-3-17-28(18-4-2)20-15-13-19(14-16-20)26-25-21-9-5-7-11-23(21)27-24-12-8-6-10-22(24)25/h5-16H,3-4,17-18H2,1-2H3,(H,26,27). The Morgan fingerprint density at radius 3 is 1.79 bits per heavy atom. The molecule has 142 valence electrons. The van der Waals surface area contributed by atoms with Crippen LogP contribution in [0.15, 0.2) is 72.8 Å². The average Bonchev–Trinajstić information content (AvgIpc) is 2.74. The third kappa shape index (κ3) is 3.65. The zero-order valence-corrected chi connectivity index (χ0v) is 16.7. The van der Waals surface area contributed by atoms with Gasteiger partial charge in [-0.1, -0.05) is 50.2 Å². The summed E-state index contributed by atoms with van der Waals surface area (Å²) in [6, 6.07) is 25.4. The van der Waals surface area contributed by atoms with E-state index in [-0.39, 0.29) is 0 Å². The summed E-state index contributed by atoms with van der Waals surface area (Å²) in [5.74, 6) is 0. The van der Waals surface area contributed by atoms with Gasteiger partial charge in [0.2, 0.25) is 0 Å². The average molecular weight is 370 g/mol. The Kier molecular flexibility index (Phi) is 5.43. The number of anilines is 3.